The van der Waals surface area contributed by atoms with Crippen LogP contribution in [-0.2, 0) is 24.2 Å². The van der Waals surface area contributed by atoms with Gasteiger partial charge in [-0.1, -0.05) is 45.4 Å². The monoisotopic (exact) mass is 461 g/mol. The van der Waals surface area contributed by atoms with Gasteiger partial charge in [-0.2, -0.15) is 0 Å². The summed E-state index contributed by atoms with van der Waals surface area (Å²) in [6.45, 7) is 7.24. The number of aryl methyl sites for hydroxylation is 2. The van der Waals surface area contributed by atoms with Crippen molar-refractivity contribution in [3.05, 3.63) is 20.8 Å². The molecule has 0 radical (unpaired) electrons. The Bertz CT molecular complexity index is 995. The van der Waals surface area contributed by atoms with Crippen LogP contribution in [0.3, 0.4) is 0 Å². The average molecular weight is 462 g/mol. The first-order valence-electron chi connectivity index (χ1n) is 11.9. The van der Waals surface area contributed by atoms with Gasteiger partial charge in [0.2, 0.25) is 5.91 Å². The van der Waals surface area contributed by atoms with Crippen LogP contribution >= 0.6 is 23.1 Å². The zero-order chi connectivity index (χ0) is 22.0. The standard InChI is InChI=1S/C24H35N3O2S2/c1-15(2)12-13-27-23(29)21-17-9-5-7-11-19(17)31-22(21)26-24(27)30-14-20(28)25-18-10-6-4-8-16(18)3/h15-16,18H,4-14H2,1-3H3,(H,25,28). The summed E-state index contributed by atoms with van der Waals surface area (Å²) in [5.41, 5.74) is 1.33. The molecule has 2 heterocycles. The molecule has 0 aliphatic heterocycles. The first-order chi connectivity index (χ1) is 14.9. The van der Waals surface area contributed by atoms with E-state index < -0.39 is 0 Å². The first kappa shape index (κ1) is 22.8. The number of rotatable bonds is 7. The molecule has 2 aliphatic carbocycles. The van der Waals surface area contributed by atoms with Crippen molar-refractivity contribution in [1.82, 2.24) is 14.9 Å². The Balaban J connectivity index is 1.57. The number of aromatic nitrogens is 2. The average Bonchev–Trinajstić information content (AvgIpc) is 3.11. The normalized spacial score (nSPS) is 21.4. The van der Waals surface area contributed by atoms with E-state index >= 15 is 0 Å². The molecule has 7 heteroatoms. The van der Waals surface area contributed by atoms with Crippen molar-refractivity contribution >= 4 is 39.2 Å². The molecule has 1 N–H and O–H groups in total. The van der Waals surface area contributed by atoms with Gasteiger partial charge in [0.15, 0.2) is 5.16 Å². The minimum Gasteiger partial charge on any atom is -0.352 e. The zero-order valence-corrected chi connectivity index (χ0v) is 20.7. The summed E-state index contributed by atoms with van der Waals surface area (Å²) in [6.07, 6.45) is 10.0. The SMILES string of the molecule is CC(C)CCn1c(SCC(=O)NC2CCCCC2C)nc2sc3c(c2c1=O)CCCC3. The molecular formula is C24H35N3O2S2. The minimum atomic E-state index is 0.0546. The summed E-state index contributed by atoms with van der Waals surface area (Å²) in [5.74, 6) is 1.42. The highest BCUT2D eigenvalue weighted by molar-refractivity contribution is 7.99. The molecule has 0 bridgehead atoms. The van der Waals surface area contributed by atoms with E-state index in [1.54, 1.807) is 11.3 Å². The lowest BCUT2D eigenvalue weighted by molar-refractivity contribution is -0.119. The molecule has 1 amide bonds. The van der Waals surface area contributed by atoms with Gasteiger partial charge < -0.3 is 5.32 Å². The summed E-state index contributed by atoms with van der Waals surface area (Å²) in [6, 6.07) is 0.282. The molecule has 1 saturated carbocycles. The van der Waals surface area contributed by atoms with Crippen molar-refractivity contribution in [3.8, 4) is 0 Å². The predicted octanol–water partition coefficient (Wildman–Crippen LogP) is 5.17. The molecule has 2 unspecified atom stereocenters. The van der Waals surface area contributed by atoms with Gasteiger partial charge in [-0.15, -0.1) is 11.3 Å². The van der Waals surface area contributed by atoms with Gasteiger partial charge >= 0.3 is 0 Å². The highest BCUT2D eigenvalue weighted by Crippen LogP contribution is 2.35. The second kappa shape index (κ2) is 10.1. The number of thiophene rings is 1. The van der Waals surface area contributed by atoms with Gasteiger partial charge in [-0.3, -0.25) is 14.2 Å². The molecule has 2 atom stereocenters. The summed E-state index contributed by atoms with van der Waals surface area (Å²) in [5, 5.41) is 4.77. The molecule has 0 saturated heterocycles. The number of hydrogen-bond donors (Lipinski definition) is 1. The molecule has 170 valence electrons. The van der Waals surface area contributed by atoms with Crippen LogP contribution in [0.25, 0.3) is 10.2 Å². The summed E-state index contributed by atoms with van der Waals surface area (Å²) in [4.78, 5) is 33.3. The number of nitrogens with zero attached hydrogens (tertiary/aromatic N) is 2. The van der Waals surface area contributed by atoms with Crippen molar-refractivity contribution in [3.63, 3.8) is 0 Å². The van der Waals surface area contributed by atoms with Gasteiger partial charge in [0.05, 0.1) is 11.1 Å². The molecular weight excluding hydrogens is 426 g/mol. The number of amides is 1. The Kier molecular flexibility index (Phi) is 7.42. The second-order valence-corrected chi connectivity index (χ2v) is 11.7. The van der Waals surface area contributed by atoms with E-state index in [1.807, 2.05) is 4.57 Å². The first-order valence-corrected chi connectivity index (χ1v) is 13.7. The largest absolute Gasteiger partial charge is 0.352 e. The molecule has 0 aromatic carbocycles. The van der Waals surface area contributed by atoms with Gasteiger partial charge in [0.25, 0.3) is 5.56 Å². The van der Waals surface area contributed by atoms with Gasteiger partial charge in [-0.05, 0) is 62.3 Å². The van der Waals surface area contributed by atoms with Crippen LogP contribution in [-0.4, -0.2) is 27.3 Å². The minimum absolute atomic E-state index is 0.0546. The highest BCUT2D eigenvalue weighted by Gasteiger charge is 2.25. The number of carbonyl (C=O) groups is 1. The van der Waals surface area contributed by atoms with E-state index in [4.69, 9.17) is 4.98 Å². The molecule has 2 aliphatic rings. The number of nitrogens with one attached hydrogen (secondary N) is 1. The molecule has 0 spiro atoms. The number of fused-ring (bicyclic) bond motifs is 3. The fourth-order valence-electron chi connectivity index (χ4n) is 4.82. The highest BCUT2D eigenvalue weighted by atomic mass is 32.2. The van der Waals surface area contributed by atoms with E-state index in [0.717, 1.165) is 42.3 Å². The Hall–Kier alpha value is -1.34. The van der Waals surface area contributed by atoms with Crippen molar-refractivity contribution in [2.24, 2.45) is 11.8 Å². The second-order valence-electron chi connectivity index (χ2n) is 9.65. The molecule has 5 nitrogen and oxygen atoms in total. The molecule has 1 fully saturated rings. The Labute approximate surface area is 193 Å². The number of hydrogen-bond acceptors (Lipinski definition) is 5. The smallest absolute Gasteiger partial charge is 0.263 e. The van der Waals surface area contributed by atoms with E-state index in [1.165, 1.54) is 47.9 Å². The lowest BCUT2D eigenvalue weighted by Gasteiger charge is -2.29. The van der Waals surface area contributed by atoms with Crippen molar-refractivity contribution in [2.45, 2.75) is 96.3 Å². The summed E-state index contributed by atoms with van der Waals surface area (Å²) < 4.78 is 1.84. The van der Waals surface area contributed by atoms with Crippen LogP contribution in [0.2, 0.25) is 0 Å². The van der Waals surface area contributed by atoms with Crippen LogP contribution in [0, 0.1) is 11.8 Å². The maximum atomic E-state index is 13.5. The lowest BCUT2D eigenvalue weighted by atomic mass is 9.86. The third kappa shape index (κ3) is 5.19. The van der Waals surface area contributed by atoms with Crippen LogP contribution in [0.1, 0.15) is 76.2 Å². The van der Waals surface area contributed by atoms with Crippen LogP contribution in [0.4, 0.5) is 0 Å². The van der Waals surface area contributed by atoms with E-state index in [0.29, 0.717) is 29.3 Å². The quantitative estimate of drug-likeness (QED) is 0.456. The summed E-state index contributed by atoms with van der Waals surface area (Å²) >= 11 is 3.10. The van der Waals surface area contributed by atoms with Gasteiger partial charge in [-0.25, -0.2) is 4.98 Å². The lowest BCUT2D eigenvalue weighted by Crippen LogP contribution is -2.42. The zero-order valence-electron chi connectivity index (χ0n) is 19.0. The van der Waals surface area contributed by atoms with Crippen molar-refractivity contribution in [1.29, 1.82) is 0 Å². The van der Waals surface area contributed by atoms with Gasteiger partial charge in [0.1, 0.15) is 4.83 Å². The maximum absolute atomic E-state index is 13.5. The van der Waals surface area contributed by atoms with Crippen LogP contribution in [0.5, 0.6) is 0 Å². The maximum Gasteiger partial charge on any atom is 0.263 e. The van der Waals surface area contributed by atoms with Gasteiger partial charge in [0, 0.05) is 17.5 Å². The third-order valence-electron chi connectivity index (χ3n) is 6.76. The Morgan fingerprint density at radius 2 is 2.00 bits per heavy atom. The fourth-order valence-corrected chi connectivity index (χ4v) is 6.96. The fraction of sp³-hybridized carbons (Fsp3) is 0.708. The Morgan fingerprint density at radius 3 is 2.77 bits per heavy atom. The topological polar surface area (TPSA) is 64.0 Å². The predicted molar refractivity (Wildman–Crippen MR) is 130 cm³/mol. The van der Waals surface area contributed by atoms with E-state index in [2.05, 4.69) is 26.1 Å². The third-order valence-corrected chi connectivity index (χ3v) is 8.92. The van der Waals surface area contributed by atoms with E-state index in [-0.39, 0.29) is 17.5 Å². The van der Waals surface area contributed by atoms with Crippen molar-refractivity contribution < 1.29 is 4.79 Å². The van der Waals surface area contributed by atoms with Crippen molar-refractivity contribution in [2.75, 3.05) is 5.75 Å². The molecule has 4 rings (SSSR count). The Morgan fingerprint density at radius 1 is 1.23 bits per heavy atom. The summed E-state index contributed by atoms with van der Waals surface area (Å²) in [7, 11) is 0. The van der Waals surface area contributed by atoms with E-state index in [9.17, 15) is 9.59 Å². The number of carbonyl (C=O) groups excluding carboxylic acids is 1. The molecule has 2 aromatic heterocycles. The molecule has 31 heavy (non-hydrogen) atoms. The molecule has 2 aromatic rings. The van der Waals surface area contributed by atoms with Crippen LogP contribution in [0.15, 0.2) is 9.95 Å². The van der Waals surface area contributed by atoms with Crippen LogP contribution < -0.4 is 10.9 Å². The number of thioether (sulfide) groups is 1.